The number of rotatable bonds is 4. The maximum absolute atomic E-state index is 12.8. The van der Waals surface area contributed by atoms with Crippen LogP contribution in [0, 0.1) is 0 Å². The second-order valence-electron chi connectivity index (χ2n) is 7.52. The molecule has 4 rings (SSSR count). The predicted octanol–water partition coefficient (Wildman–Crippen LogP) is 1.54. The summed E-state index contributed by atoms with van der Waals surface area (Å²) in [5.74, 6) is 2.42. The van der Waals surface area contributed by atoms with Crippen molar-refractivity contribution in [3.8, 4) is 0 Å². The monoisotopic (exact) mass is 363 g/mol. The molecule has 6 nitrogen and oxygen atoms in total. The Morgan fingerprint density at radius 1 is 1.24 bits per heavy atom. The van der Waals surface area contributed by atoms with Crippen molar-refractivity contribution >= 4 is 17.7 Å². The van der Waals surface area contributed by atoms with Crippen molar-refractivity contribution in [3.05, 3.63) is 17.0 Å². The Bertz CT molecular complexity index is 605. The summed E-state index contributed by atoms with van der Waals surface area (Å²) in [7, 11) is 0. The number of hydrogen-bond donors (Lipinski definition) is 3. The molecule has 2 fully saturated rings. The van der Waals surface area contributed by atoms with E-state index in [-0.39, 0.29) is 11.4 Å². The van der Waals surface area contributed by atoms with Gasteiger partial charge in [-0.3, -0.25) is 14.8 Å². The highest BCUT2D eigenvalue weighted by atomic mass is 32.2. The van der Waals surface area contributed by atoms with Crippen LogP contribution in [0.15, 0.2) is 0 Å². The second kappa shape index (κ2) is 7.68. The number of nitrogens with zero attached hydrogens (tertiary/aromatic N) is 2. The molecule has 25 heavy (non-hydrogen) atoms. The Morgan fingerprint density at radius 2 is 2.04 bits per heavy atom. The number of carbonyl (C=O) groups is 1. The molecule has 7 heteroatoms. The van der Waals surface area contributed by atoms with E-state index in [4.69, 9.17) is 0 Å². The van der Waals surface area contributed by atoms with Crippen LogP contribution in [-0.4, -0.2) is 64.2 Å². The molecule has 1 amide bonds. The van der Waals surface area contributed by atoms with E-state index in [9.17, 15) is 4.79 Å². The zero-order valence-corrected chi connectivity index (χ0v) is 15.7. The molecule has 1 saturated heterocycles. The van der Waals surface area contributed by atoms with E-state index in [1.165, 1.54) is 43.6 Å². The minimum Gasteiger partial charge on any atom is -0.349 e. The summed E-state index contributed by atoms with van der Waals surface area (Å²) in [4.78, 5) is 15.5. The third-order valence-electron chi connectivity index (χ3n) is 6.07. The molecule has 3 heterocycles. The van der Waals surface area contributed by atoms with Gasteiger partial charge in [0, 0.05) is 67.4 Å². The molecular formula is C18H29N5OS. The van der Waals surface area contributed by atoms with E-state index >= 15 is 0 Å². The Hall–Kier alpha value is -1.05. The van der Waals surface area contributed by atoms with Crippen LogP contribution in [-0.2, 0) is 13.0 Å². The highest BCUT2D eigenvalue weighted by molar-refractivity contribution is 7.99. The average molecular weight is 364 g/mol. The molecule has 0 spiro atoms. The number of nitrogens with one attached hydrogen (secondary N) is 3. The van der Waals surface area contributed by atoms with E-state index in [2.05, 4.69) is 25.7 Å². The molecule has 1 aromatic rings. The fraction of sp³-hybridized carbons (Fsp3) is 0.778. The molecule has 0 radical (unpaired) electrons. The quantitative estimate of drug-likeness (QED) is 0.757. The standard InChI is InChI=1S/C18H29N5OS/c24-17(16-14-12-19-7-4-15(14)21-22-16)20-13-18(5-2-1-3-6-18)23-8-10-25-11-9-23/h19H,1-13H2,(H,20,24)(H,21,22). The lowest BCUT2D eigenvalue weighted by Gasteiger charge is -2.48. The lowest BCUT2D eigenvalue weighted by molar-refractivity contribution is 0.0547. The van der Waals surface area contributed by atoms with Gasteiger partial charge in [0.05, 0.1) is 0 Å². The number of aromatic amines is 1. The SMILES string of the molecule is O=C(NCC1(N2CCSCC2)CCCCC1)c1n[nH]c2c1CNCC2. The number of H-pyrrole nitrogens is 1. The van der Waals surface area contributed by atoms with Crippen molar-refractivity contribution in [2.24, 2.45) is 0 Å². The van der Waals surface area contributed by atoms with Crippen molar-refractivity contribution in [1.29, 1.82) is 0 Å². The summed E-state index contributed by atoms with van der Waals surface area (Å²) >= 11 is 2.05. The molecule has 3 aliphatic rings. The Balaban J connectivity index is 1.45. The molecular weight excluding hydrogens is 334 g/mol. The lowest BCUT2D eigenvalue weighted by atomic mass is 9.80. The molecule has 0 unspecified atom stereocenters. The topological polar surface area (TPSA) is 73.0 Å². The Kier molecular flexibility index (Phi) is 5.33. The molecule has 0 bridgehead atoms. The number of thioether (sulfide) groups is 1. The number of aromatic nitrogens is 2. The van der Waals surface area contributed by atoms with Crippen LogP contribution in [0.1, 0.15) is 53.8 Å². The maximum Gasteiger partial charge on any atom is 0.272 e. The molecule has 2 aliphatic heterocycles. The molecule has 1 saturated carbocycles. The summed E-state index contributed by atoms with van der Waals surface area (Å²) in [6.45, 7) is 4.76. The molecule has 0 atom stereocenters. The number of fused-ring (bicyclic) bond motifs is 1. The highest BCUT2D eigenvalue weighted by Crippen LogP contribution is 2.35. The van der Waals surface area contributed by atoms with Gasteiger partial charge in [0.15, 0.2) is 5.69 Å². The van der Waals surface area contributed by atoms with Crippen LogP contribution in [0.5, 0.6) is 0 Å². The van der Waals surface area contributed by atoms with Crippen LogP contribution in [0.3, 0.4) is 0 Å². The van der Waals surface area contributed by atoms with E-state index in [1.54, 1.807) is 0 Å². The normalized spacial score (nSPS) is 23.8. The van der Waals surface area contributed by atoms with Crippen molar-refractivity contribution in [2.45, 2.75) is 50.6 Å². The number of hydrogen-bond acceptors (Lipinski definition) is 5. The van der Waals surface area contributed by atoms with E-state index in [0.29, 0.717) is 5.69 Å². The van der Waals surface area contributed by atoms with Crippen molar-refractivity contribution in [2.75, 3.05) is 37.7 Å². The first-order valence-electron chi connectivity index (χ1n) is 9.66. The second-order valence-corrected chi connectivity index (χ2v) is 8.75. The van der Waals surface area contributed by atoms with Crippen molar-refractivity contribution in [1.82, 2.24) is 25.7 Å². The molecule has 3 N–H and O–H groups in total. The number of carbonyl (C=O) groups excluding carboxylic acids is 1. The number of amides is 1. The minimum atomic E-state index is -0.0162. The predicted molar refractivity (Wildman–Crippen MR) is 101 cm³/mol. The molecule has 138 valence electrons. The van der Waals surface area contributed by atoms with Crippen LogP contribution in [0.25, 0.3) is 0 Å². The highest BCUT2D eigenvalue weighted by Gasteiger charge is 2.39. The minimum absolute atomic E-state index is 0.0162. The van der Waals surface area contributed by atoms with Gasteiger partial charge in [-0.25, -0.2) is 0 Å². The summed E-state index contributed by atoms with van der Waals surface area (Å²) in [5.41, 5.74) is 2.91. The first-order valence-corrected chi connectivity index (χ1v) is 10.8. The average Bonchev–Trinajstić information content (AvgIpc) is 3.12. The Morgan fingerprint density at radius 3 is 2.84 bits per heavy atom. The fourth-order valence-corrected chi connectivity index (χ4v) is 5.50. The molecule has 1 aromatic heterocycles. The van der Waals surface area contributed by atoms with Gasteiger partial charge >= 0.3 is 0 Å². The van der Waals surface area contributed by atoms with Gasteiger partial charge in [0.25, 0.3) is 5.91 Å². The van der Waals surface area contributed by atoms with Gasteiger partial charge in [0.2, 0.25) is 0 Å². The van der Waals surface area contributed by atoms with Crippen LogP contribution in [0.4, 0.5) is 0 Å². The van der Waals surface area contributed by atoms with E-state index in [1.807, 2.05) is 11.8 Å². The first kappa shape index (κ1) is 17.4. The first-order chi connectivity index (χ1) is 12.3. The van der Waals surface area contributed by atoms with Gasteiger partial charge in [-0.05, 0) is 12.8 Å². The van der Waals surface area contributed by atoms with Crippen molar-refractivity contribution in [3.63, 3.8) is 0 Å². The zero-order chi connectivity index (χ0) is 17.1. The summed E-state index contributed by atoms with van der Waals surface area (Å²) in [6.07, 6.45) is 7.22. The van der Waals surface area contributed by atoms with E-state index < -0.39 is 0 Å². The van der Waals surface area contributed by atoms with Gasteiger partial charge in [-0.15, -0.1) is 0 Å². The van der Waals surface area contributed by atoms with Gasteiger partial charge in [-0.2, -0.15) is 16.9 Å². The van der Waals surface area contributed by atoms with Crippen LogP contribution < -0.4 is 10.6 Å². The third-order valence-corrected chi connectivity index (χ3v) is 7.01. The third kappa shape index (κ3) is 3.59. The van der Waals surface area contributed by atoms with Crippen LogP contribution in [0.2, 0.25) is 0 Å². The molecule has 1 aliphatic carbocycles. The van der Waals surface area contributed by atoms with Crippen LogP contribution >= 0.6 is 11.8 Å². The zero-order valence-electron chi connectivity index (χ0n) is 14.9. The maximum atomic E-state index is 12.8. The summed E-state index contributed by atoms with van der Waals surface area (Å²) < 4.78 is 0. The largest absolute Gasteiger partial charge is 0.349 e. The van der Waals surface area contributed by atoms with Gasteiger partial charge in [0.1, 0.15) is 0 Å². The molecule has 0 aromatic carbocycles. The lowest BCUT2D eigenvalue weighted by Crippen LogP contribution is -2.59. The smallest absolute Gasteiger partial charge is 0.272 e. The van der Waals surface area contributed by atoms with Gasteiger partial charge < -0.3 is 10.6 Å². The Labute approximate surface area is 153 Å². The fourth-order valence-electron chi connectivity index (χ4n) is 4.59. The van der Waals surface area contributed by atoms with Gasteiger partial charge in [-0.1, -0.05) is 19.3 Å². The summed E-state index contributed by atoms with van der Waals surface area (Å²) in [6, 6.07) is 0. The van der Waals surface area contributed by atoms with Crippen molar-refractivity contribution < 1.29 is 4.79 Å². The summed E-state index contributed by atoms with van der Waals surface area (Å²) in [5, 5.41) is 13.9. The van der Waals surface area contributed by atoms with E-state index in [0.717, 1.165) is 50.4 Å².